The highest BCUT2D eigenvalue weighted by Crippen LogP contribution is 2.29. The van der Waals surface area contributed by atoms with Crippen LogP contribution in [0.25, 0.3) is 5.69 Å². The Bertz CT molecular complexity index is 1170. The van der Waals surface area contributed by atoms with Crippen LogP contribution in [0, 0.1) is 0 Å². The fraction of sp³-hybridized carbons (Fsp3) is 0.370. The Morgan fingerprint density at radius 2 is 1.74 bits per heavy atom. The first-order chi connectivity index (χ1) is 16.6. The topological polar surface area (TPSA) is 67.2 Å². The van der Waals surface area contributed by atoms with Crippen molar-refractivity contribution < 1.29 is 9.59 Å². The van der Waals surface area contributed by atoms with E-state index in [1.165, 1.54) is 0 Å². The molecule has 0 unspecified atom stereocenters. The van der Waals surface area contributed by atoms with Crippen LogP contribution >= 0.6 is 23.2 Å². The Hall–Kier alpha value is -2.83. The molecule has 0 aliphatic rings. The van der Waals surface area contributed by atoms with Gasteiger partial charge in [0.1, 0.15) is 5.82 Å². The monoisotopic (exact) mass is 514 g/mol. The summed E-state index contributed by atoms with van der Waals surface area (Å²) in [6.07, 6.45) is 2.01. The number of hydrogen-bond acceptors (Lipinski definition) is 3. The number of aromatic nitrogens is 2. The van der Waals surface area contributed by atoms with Crippen molar-refractivity contribution in [1.82, 2.24) is 14.7 Å². The van der Waals surface area contributed by atoms with Gasteiger partial charge in [-0.15, -0.1) is 0 Å². The number of halogens is 2. The van der Waals surface area contributed by atoms with Gasteiger partial charge in [-0.1, -0.05) is 87.6 Å². The highest BCUT2D eigenvalue weighted by atomic mass is 35.5. The Kier molecular flexibility index (Phi) is 8.98. The molecule has 0 radical (unpaired) electrons. The Labute approximate surface area is 217 Å². The molecule has 1 N–H and O–H groups in total. The van der Waals surface area contributed by atoms with Gasteiger partial charge < -0.3 is 10.2 Å². The minimum absolute atomic E-state index is 0.0386. The second-order valence-corrected chi connectivity index (χ2v) is 10.4. The smallest absolute Gasteiger partial charge is 0.245 e. The van der Waals surface area contributed by atoms with E-state index in [2.05, 4.69) is 33.0 Å². The molecular weight excluding hydrogens is 483 g/mol. The first-order valence-corrected chi connectivity index (χ1v) is 12.5. The molecule has 0 aliphatic carbocycles. The molecule has 186 valence electrons. The van der Waals surface area contributed by atoms with Crippen LogP contribution in [-0.4, -0.2) is 39.6 Å². The molecule has 3 rings (SSSR count). The van der Waals surface area contributed by atoms with E-state index in [9.17, 15) is 9.59 Å². The fourth-order valence-electron chi connectivity index (χ4n) is 3.53. The second kappa shape index (κ2) is 11.7. The van der Waals surface area contributed by atoms with Crippen molar-refractivity contribution in [3.63, 3.8) is 0 Å². The Morgan fingerprint density at radius 3 is 2.37 bits per heavy atom. The third kappa shape index (κ3) is 7.33. The fourth-order valence-corrected chi connectivity index (χ4v) is 3.82. The average Bonchev–Trinajstić information content (AvgIpc) is 3.23. The lowest BCUT2D eigenvalue weighted by Crippen LogP contribution is -2.39. The number of nitrogens with zero attached hydrogens (tertiary/aromatic N) is 3. The number of carbonyl (C=O) groups excluding carboxylic acids is 2. The molecule has 8 heteroatoms. The molecular formula is C27H32Cl2N4O2. The third-order valence-corrected chi connectivity index (χ3v) is 6.30. The summed E-state index contributed by atoms with van der Waals surface area (Å²) in [6, 6.07) is 16.6. The predicted molar refractivity (Wildman–Crippen MR) is 143 cm³/mol. The Balaban J connectivity index is 1.82. The number of benzene rings is 2. The van der Waals surface area contributed by atoms with Crippen molar-refractivity contribution in [1.29, 1.82) is 0 Å². The first kappa shape index (κ1) is 26.8. The van der Waals surface area contributed by atoms with Crippen molar-refractivity contribution in [2.24, 2.45) is 0 Å². The zero-order valence-corrected chi connectivity index (χ0v) is 22.2. The molecule has 2 amide bonds. The molecule has 1 aromatic heterocycles. The van der Waals surface area contributed by atoms with Crippen LogP contribution in [0.15, 0.2) is 54.6 Å². The summed E-state index contributed by atoms with van der Waals surface area (Å²) < 4.78 is 1.64. The zero-order valence-electron chi connectivity index (χ0n) is 20.6. The minimum atomic E-state index is -0.288. The maximum Gasteiger partial charge on any atom is 0.245 e. The summed E-state index contributed by atoms with van der Waals surface area (Å²) in [6.45, 7) is 8.69. The number of anilines is 1. The first-order valence-electron chi connectivity index (χ1n) is 11.8. The average molecular weight is 515 g/mol. The van der Waals surface area contributed by atoms with E-state index in [-0.39, 0.29) is 30.2 Å². The van der Waals surface area contributed by atoms with Gasteiger partial charge in [0.25, 0.3) is 0 Å². The Morgan fingerprint density at radius 1 is 1.03 bits per heavy atom. The van der Waals surface area contributed by atoms with E-state index in [0.29, 0.717) is 28.1 Å². The highest BCUT2D eigenvalue weighted by Gasteiger charge is 2.23. The third-order valence-electron chi connectivity index (χ3n) is 5.56. The van der Waals surface area contributed by atoms with Crippen molar-refractivity contribution in [3.05, 3.63) is 75.9 Å². The van der Waals surface area contributed by atoms with Crippen molar-refractivity contribution >= 4 is 40.8 Å². The number of nitrogens with one attached hydrogen (secondary N) is 1. The van der Waals surface area contributed by atoms with Gasteiger partial charge in [-0.2, -0.15) is 5.10 Å². The quantitative estimate of drug-likeness (QED) is 0.365. The second-order valence-electron chi connectivity index (χ2n) is 9.55. The van der Waals surface area contributed by atoms with Crippen LogP contribution in [-0.2, 0) is 21.4 Å². The van der Waals surface area contributed by atoms with E-state index in [1.807, 2.05) is 36.4 Å². The predicted octanol–water partition coefficient (Wildman–Crippen LogP) is 6.29. The molecule has 0 aliphatic heterocycles. The van der Waals surface area contributed by atoms with Crippen LogP contribution in [0.3, 0.4) is 0 Å². The maximum absolute atomic E-state index is 13.1. The van der Waals surface area contributed by atoms with Crippen LogP contribution in [0.1, 0.15) is 51.8 Å². The molecule has 6 nitrogen and oxygen atoms in total. The van der Waals surface area contributed by atoms with Crippen LogP contribution in [0.4, 0.5) is 5.82 Å². The van der Waals surface area contributed by atoms with Gasteiger partial charge >= 0.3 is 0 Å². The van der Waals surface area contributed by atoms with Gasteiger partial charge in [0.2, 0.25) is 11.8 Å². The van der Waals surface area contributed by atoms with Gasteiger partial charge in [-0.05, 0) is 30.2 Å². The lowest BCUT2D eigenvalue weighted by Gasteiger charge is -2.22. The normalized spacial score (nSPS) is 11.4. The molecule has 35 heavy (non-hydrogen) atoms. The van der Waals surface area contributed by atoms with Crippen LogP contribution in [0.2, 0.25) is 10.0 Å². The van der Waals surface area contributed by atoms with E-state index in [4.69, 9.17) is 28.3 Å². The molecule has 0 spiro atoms. The highest BCUT2D eigenvalue weighted by molar-refractivity contribution is 6.42. The molecule has 0 saturated heterocycles. The molecule has 0 atom stereocenters. The number of amides is 2. The number of rotatable bonds is 9. The van der Waals surface area contributed by atoms with Crippen LogP contribution in [0.5, 0.6) is 0 Å². The van der Waals surface area contributed by atoms with E-state index >= 15 is 0 Å². The van der Waals surface area contributed by atoms with E-state index in [0.717, 1.165) is 24.1 Å². The van der Waals surface area contributed by atoms with Gasteiger partial charge in [0.15, 0.2) is 0 Å². The standard InChI is InChI=1S/C27H32Cl2N4O2/c1-5-6-14-32(26(35)15-19-10-8-7-9-11-19)18-25(34)30-24-17-23(27(2,3)4)31-33(24)20-12-13-21(28)22(29)16-20/h7-13,16-17H,5-6,14-15,18H2,1-4H3,(H,30,34). The summed E-state index contributed by atoms with van der Waals surface area (Å²) >= 11 is 12.3. The maximum atomic E-state index is 13.1. The molecule has 2 aromatic carbocycles. The SMILES string of the molecule is CCCCN(CC(=O)Nc1cc(C(C)(C)C)nn1-c1ccc(Cl)c(Cl)c1)C(=O)Cc1ccccc1. The summed E-state index contributed by atoms with van der Waals surface area (Å²) in [7, 11) is 0. The summed E-state index contributed by atoms with van der Waals surface area (Å²) in [4.78, 5) is 27.7. The van der Waals surface area contributed by atoms with E-state index in [1.54, 1.807) is 27.8 Å². The van der Waals surface area contributed by atoms with Gasteiger partial charge in [0, 0.05) is 18.0 Å². The zero-order chi connectivity index (χ0) is 25.6. The molecule has 0 bridgehead atoms. The molecule has 0 fully saturated rings. The summed E-state index contributed by atoms with van der Waals surface area (Å²) in [5.41, 5.74) is 2.17. The van der Waals surface area contributed by atoms with Gasteiger partial charge in [0.05, 0.1) is 34.4 Å². The van der Waals surface area contributed by atoms with Crippen molar-refractivity contribution in [3.8, 4) is 5.69 Å². The summed E-state index contributed by atoms with van der Waals surface area (Å²) in [5.74, 6) is 0.140. The largest absolute Gasteiger partial charge is 0.333 e. The van der Waals surface area contributed by atoms with Crippen LogP contribution < -0.4 is 5.32 Å². The molecule has 3 aromatic rings. The molecule has 1 heterocycles. The lowest BCUT2D eigenvalue weighted by atomic mass is 9.92. The lowest BCUT2D eigenvalue weighted by molar-refractivity contribution is -0.134. The minimum Gasteiger partial charge on any atom is -0.333 e. The van der Waals surface area contributed by atoms with Gasteiger partial charge in [-0.3, -0.25) is 9.59 Å². The number of unbranched alkanes of at least 4 members (excludes halogenated alkanes) is 1. The number of carbonyl (C=O) groups is 2. The van der Waals surface area contributed by atoms with Crippen molar-refractivity contribution in [2.45, 2.75) is 52.4 Å². The van der Waals surface area contributed by atoms with Gasteiger partial charge in [-0.25, -0.2) is 4.68 Å². The number of hydrogen-bond donors (Lipinski definition) is 1. The van der Waals surface area contributed by atoms with E-state index < -0.39 is 0 Å². The molecule has 0 saturated carbocycles. The summed E-state index contributed by atoms with van der Waals surface area (Å²) in [5, 5.41) is 8.50. The van der Waals surface area contributed by atoms with Crippen molar-refractivity contribution in [2.75, 3.05) is 18.4 Å².